The van der Waals surface area contributed by atoms with Gasteiger partial charge >= 0.3 is 5.97 Å². The first kappa shape index (κ1) is 9.98. The van der Waals surface area contributed by atoms with Crippen molar-refractivity contribution >= 4 is 11.9 Å². The van der Waals surface area contributed by atoms with E-state index in [0.29, 0.717) is 6.54 Å². The summed E-state index contributed by atoms with van der Waals surface area (Å²) >= 11 is 0. The van der Waals surface area contributed by atoms with Gasteiger partial charge in [-0.2, -0.15) is 0 Å². The first-order valence-electron chi connectivity index (χ1n) is 4.30. The standard InChI is InChI=1S/C8H14N2O3/c1-5(2)13-8(12)6-3-10-7(11)4-9-6/h5-6,9H,3-4H2,1-2H3,(H,10,11). The first-order valence-corrected chi connectivity index (χ1v) is 4.30. The summed E-state index contributed by atoms with van der Waals surface area (Å²) in [5, 5.41) is 5.37. The molecule has 0 bridgehead atoms. The van der Waals surface area contributed by atoms with Gasteiger partial charge in [0.25, 0.3) is 0 Å². The van der Waals surface area contributed by atoms with Gasteiger partial charge in [-0.3, -0.25) is 14.9 Å². The zero-order valence-corrected chi connectivity index (χ0v) is 7.79. The number of carbonyl (C=O) groups is 2. The summed E-state index contributed by atoms with van der Waals surface area (Å²) in [7, 11) is 0. The van der Waals surface area contributed by atoms with E-state index in [-0.39, 0.29) is 24.5 Å². The van der Waals surface area contributed by atoms with E-state index in [0.717, 1.165) is 0 Å². The molecule has 1 atom stereocenters. The Labute approximate surface area is 76.8 Å². The fourth-order valence-electron chi connectivity index (χ4n) is 1.05. The van der Waals surface area contributed by atoms with E-state index in [9.17, 15) is 9.59 Å². The molecule has 0 saturated carbocycles. The number of hydrogen-bond donors (Lipinski definition) is 2. The van der Waals surface area contributed by atoms with Gasteiger partial charge in [0, 0.05) is 6.54 Å². The molecule has 2 N–H and O–H groups in total. The number of nitrogens with one attached hydrogen (secondary N) is 2. The molecule has 0 aromatic carbocycles. The van der Waals surface area contributed by atoms with Crippen LogP contribution in [0.15, 0.2) is 0 Å². The molecular weight excluding hydrogens is 172 g/mol. The van der Waals surface area contributed by atoms with Crippen molar-refractivity contribution in [3.63, 3.8) is 0 Å². The third-order valence-electron chi connectivity index (χ3n) is 1.65. The van der Waals surface area contributed by atoms with Crippen LogP contribution in [0.3, 0.4) is 0 Å². The van der Waals surface area contributed by atoms with Crippen molar-refractivity contribution in [3.05, 3.63) is 0 Å². The molecule has 1 fully saturated rings. The van der Waals surface area contributed by atoms with Gasteiger partial charge in [-0.15, -0.1) is 0 Å². The lowest BCUT2D eigenvalue weighted by molar-refractivity contribution is -0.150. The third-order valence-corrected chi connectivity index (χ3v) is 1.65. The molecule has 5 heteroatoms. The Morgan fingerprint density at radius 1 is 1.62 bits per heavy atom. The number of hydrogen-bond acceptors (Lipinski definition) is 4. The van der Waals surface area contributed by atoms with Crippen LogP contribution < -0.4 is 10.6 Å². The summed E-state index contributed by atoms with van der Waals surface area (Å²) in [5.41, 5.74) is 0. The van der Waals surface area contributed by atoms with E-state index in [1.54, 1.807) is 13.8 Å². The zero-order valence-electron chi connectivity index (χ0n) is 7.79. The highest BCUT2D eigenvalue weighted by Crippen LogP contribution is 1.96. The van der Waals surface area contributed by atoms with Crippen LogP contribution in [0.4, 0.5) is 0 Å². The van der Waals surface area contributed by atoms with Crippen LogP contribution in [0.5, 0.6) is 0 Å². The number of amides is 1. The van der Waals surface area contributed by atoms with Crippen LogP contribution in [0, 0.1) is 0 Å². The maximum atomic E-state index is 11.3. The molecule has 1 heterocycles. The number of esters is 1. The van der Waals surface area contributed by atoms with Crippen LogP contribution >= 0.6 is 0 Å². The summed E-state index contributed by atoms with van der Waals surface area (Å²) in [6.45, 7) is 4.07. The lowest BCUT2D eigenvalue weighted by Gasteiger charge is -2.23. The Bertz CT molecular complexity index is 205. The zero-order chi connectivity index (χ0) is 9.84. The summed E-state index contributed by atoms with van der Waals surface area (Å²) in [6, 6.07) is -0.403. The quantitative estimate of drug-likeness (QED) is 0.544. The van der Waals surface area contributed by atoms with Crippen molar-refractivity contribution < 1.29 is 14.3 Å². The Kier molecular flexibility index (Phi) is 3.25. The molecule has 13 heavy (non-hydrogen) atoms. The van der Waals surface area contributed by atoms with Crippen LogP contribution in [0.1, 0.15) is 13.8 Å². The normalized spacial score (nSPS) is 22.7. The molecule has 74 valence electrons. The van der Waals surface area contributed by atoms with Gasteiger partial charge in [-0.1, -0.05) is 0 Å². The Hall–Kier alpha value is -1.10. The second-order valence-electron chi connectivity index (χ2n) is 3.22. The molecule has 0 aliphatic carbocycles. The highest BCUT2D eigenvalue weighted by Gasteiger charge is 2.25. The molecule has 1 amide bonds. The van der Waals surface area contributed by atoms with Crippen molar-refractivity contribution in [2.75, 3.05) is 13.1 Å². The summed E-state index contributed by atoms with van der Waals surface area (Å²) in [5.74, 6) is -0.399. The number of carbonyl (C=O) groups excluding carboxylic acids is 2. The van der Waals surface area contributed by atoms with Gasteiger partial charge in [0.2, 0.25) is 5.91 Å². The Balaban J connectivity index is 2.35. The van der Waals surface area contributed by atoms with Crippen LogP contribution in [-0.4, -0.2) is 37.1 Å². The van der Waals surface area contributed by atoms with Gasteiger partial charge in [0.15, 0.2) is 0 Å². The maximum Gasteiger partial charge on any atom is 0.325 e. The highest BCUT2D eigenvalue weighted by atomic mass is 16.5. The Morgan fingerprint density at radius 3 is 2.77 bits per heavy atom. The van der Waals surface area contributed by atoms with Crippen LogP contribution in [0.2, 0.25) is 0 Å². The van der Waals surface area contributed by atoms with Gasteiger partial charge < -0.3 is 10.1 Å². The fourth-order valence-corrected chi connectivity index (χ4v) is 1.05. The molecule has 5 nitrogen and oxygen atoms in total. The second-order valence-corrected chi connectivity index (χ2v) is 3.22. The van der Waals surface area contributed by atoms with Gasteiger partial charge in [-0.05, 0) is 13.8 Å². The van der Waals surface area contributed by atoms with E-state index >= 15 is 0 Å². The van der Waals surface area contributed by atoms with E-state index in [1.807, 2.05) is 0 Å². The lowest BCUT2D eigenvalue weighted by atomic mass is 10.2. The molecule has 1 rings (SSSR count). The van der Waals surface area contributed by atoms with Crippen molar-refractivity contribution in [3.8, 4) is 0 Å². The van der Waals surface area contributed by atoms with Crippen molar-refractivity contribution in [1.82, 2.24) is 10.6 Å². The lowest BCUT2D eigenvalue weighted by Crippen LogP contribution is -2.55. The predicted octanol–water partition coefficient (Wildman–Crippen LogP) is -0.974. The molecular formula is C8H14N2O3. The van der Waals surface area contributed by atoms with E-state index < -0.39 is 6.04 Å². The largest absolute Gasteiger partial charge is 0.462 e. The maximum absolute atomic E-state index is 11.3. The van der Waals surface area contributed by atoms with E-state index in [2.05, 4.69) is 10.6 Å². The van der Waals surface area contributed by atoms with E-state index in [1.165, 1.54) is 0 Å². The first-order chi connectivity index (χ1) is 6.09. The summed E-state index contributed by atoms with van der Waals surface area (Å²) in [4.78, 5) is 22.0. The Morgan fingerprint density at radius 2 is 2.31 bits per heavy atom. The molecule has 1 unspecified atom stereocenters. The number of rotatable bonds is 2. The molecule has 0 spiro atoms. The minimum atomic E-state index is -0.403. The predicted molar refractivity (Wildman–Crippen MR) is 46.0 cm³/mol. The van der Waals surface area contributed by atoms with E-state index in [4.69, 9.17) is 4.74 Å². The number of piperazine rings is 1. The van der Waals surface area contributed by atoms with Crippen LogP contribution in [-0.2, 0) is 14.3 Å². The SMILES string of the molecule is CC(C)OC(=O)C1CNC(=O)CN1. The molecule has 0 radical (unpaired) electrons. The summed E-state index contributed by atoms with van der Waals surface area (Å²) in [6.07, 6.45) is -0.119. The summed E-state index contributed by atoms with van der Waals surface area (Å²) < 4.78 is 4.97. The topological polar surface area (TPSA) is 67.4 Å². The third kappa shape index (κ3) is 3.02. The molecule has 1 saturated heterocycles. The van der Waals surface area contributed by atoms with Crippen molar-refractivity contribution in [2.24, 2.45) is 0 Å². The minimum Gasteiger partial charge on any atom is -0.462 e. The van der Waals surface area contributed by atoms with Gasteiger partial charge in [-0.25, -0.2) is 0 Å². The van der Waals surface area contributed by atoms with Gasteiger partial charge in [0.05, 0.1) is 12.6 Å². The van der Waals surface area contributed by atoms with Crippen molar-refractivity contribution in [1.29, 1.82) is 0 Å². The van der Waals surface area contributed by atoms with Gasteiger partial charge in [0.1, 0.15) is 6.04 Å². The number of ether oxygens (including phenoxy) is 1. The van der Waals surface area contributed by atoms with Crippen LogP contribution in [0.25, 0.3) is 0 Å². The second kappa shape index (κ2) is 4.23. The monoisotopic (exact) mass is 186 g/mol. The molecule has 0 aromatic heterocycles. The minimum absolute atomic E-state index is 0.0893. The smallest absolute Gasteiger partial charge is 0.325 e. The average molecular weight is 186 g/mol. The van der Waals surface area contributed by atoms with Crippen molar-refractivity contribution in [2.45, 2.75) is 26.0 Å². The molecule has 1 aliphatic rings. The fraction of sp³-hybridized carbons (Fsp3) is 0.750. The highest BCUT2D eigenvalue weighted by molar-refractivity contribution is 5.83. The molecule has 1 aliphatic heterocycles. The average Bonchev–Trinajstić information content (AvgIpc) is 2.04. The molecule has 0 aromatic rings.